The van der Waals surface area contributed by atoms with E-state index in [0.29, 0.717) is 26.9 Å². The highest BCUT2D eigenvalue weighted by molar-refractivity contribution is 8.00. The first kappa shape index (κ1) is 21.2. The molecule has 0 saturated carbocycles. The van der Waals surface area contributed by atoms with Crippen LogP contribution in [-0.2, 0) is 11.3 Å². The average Bonchev–Trinajstić information content (AvgIpc) is 3.09. The van der Waals surface area contributed by atoms with Gasteiger partial charge in [-0.25, -0.2) is 4.98 Å². The first-order chi connectivity index (χ1) is 13.3. The van der Waals surface area contributed by atoms with Crippen LogP contribution < -0.4 is 10.9 Å². The minimum Gasteiger partial charge on any atom is -0.323 e. The molecule has 0 spiro atoms. The topological polar surface area (TPSA) is 64.0 Å². The zero-order valence-electron chi connectivity index (χ0n) is 14.5. The number of nitrogens with zero attached hydrogens (tertiary/aromatic N) is 2. The fourth-order valence-electron chi connectivity index (χ4n) is 2.41. The summed E-state index contributed by atoms with van der Waals surface area (Å²) in [6, 6.07) is 4.73. The Labute approximate surface area is 184 Å². The number of hydrogen-bond donors (Lipinski definition) is 1. The number of anilines is 1. The summed E-state index contributed by atoms with van der Waals surface area (Å²) in [4.78, 5) is 30.5. The molecule has 1 amide bonds. The Balaban J connectivity index is 1.87. The van der Waals surface area contributed by atoms with Crippen molar-refractivity contribution in [3.05, 3.63) is 61.7 Å². The first-order valence-electron chi connectivity index (χ1n) is 8.02. The van der Waals surface area contributed by atoms with Gasteiger partial charge in [-0.1, -0.05) is 52.6 Å². The third kappa shape index (κ3) is 4.39. The third-order valence-corrected chi connectivity index (χ3v) is 6.48. The number of hydrogen-bond acceptors (Lipinski definition) is 5. The highest BCUT2D eigenvalue weighted by atomic mass is 35.5. The normalized spacial score (nSPS) is 12.1. The van der Waals surface area contributed by atoms with Crippen molar-refractivity contribution in [3.63, 3.8) is 0 Å². The van der Waals surface area contributed by atoms with E-state index >= 15 is 0 Å². The number of carbonyl (C=O) groups is 1. The molecule has 5 nitrogen and oxygen atoms in total. The van der Waals surface area contributed by atoms with Crippen LogP contribution in [0.1, 0.15) is 6.92 Å². The van der Waals surface area contributed by atoms with Gasteiger partial charge in [0.1, 0.15) is 4.83 Å². The van der Waals surface area contributed by atoms with Crippen LogP contribution in [0.3, 0.4) is 0 Å². The van der Waals surface area contributed by atoms with Crippen LogP contribution >= 0.6 is 57.9 Å². The molecule has 0 aliphatic heterocycles. The van der Waals surface area contributed by atoms with Crippen LogP contribution in [0, 0.1) is 0 Å². The molecule has 0 bridgehead atoms. The van der Waals surface area contributed by atoms with Gasteiger partial charge in [0, 0.05) is 11.6 Å². The van der Waals surface area contributed by atoms with Gasteiger partial charge in [-0.2, -0.15) is 0 Å². The van der Waals surface area contributed by atoms with E-state index in [0.717, 1.165) is 0 Å². The molecule has 1 atom stereocenters. The smallest absolute Gasteiger partial charge is 0.263 e. The molecule has 146 valence electrons. The van der Waals surface area contributed by atoms with Gasteiger partial charge in [0.15, 0.2) is 5.16 Å². The summed E-state index contributed by atoms with van der Waals surface area (Å²) in [5.41, 5.74) is 0.125. The van der Waals surface area contributed by atoms with E-state index in [1.165, 1.54) is 39.8 Å². The fourth-order valence-corrected chi connectivity index (χ4v) is 5.04. The molecular formula is C18H14Cl3N3O2S2. The summed E-state index contributed by atoms with van der Waals surface area (Å²) in [5.74, 6) is -0.332. The monoisotopic (exact) mass is 473 g/mol. The molecule has 1 unspecified atom stereocenters. The number of carbonyl (C=O) groups excluding carboxylic acids is 1. The van der Waals surface area contributed by atoms with Crippen LogP contribution in [0.2, 0.25) is 15.1 Å². The Kier molecular flexibility index (Phi) is 6.73. The second-order valence-electron chi connectivity index (χ2n) is 5.73. The summed E-state index contributed by atoms with van der Waals surface area (Å²) >= 11 is 20.7. The number of benzene rings is 1. The Morgan fingerprint density at radius 2 is 2.07 bits per heavy atom. The Morgan fingerprint density at radius 3 is 2.71 bits per heavy atom. The van der Waals surface area contributed by atoms with E-state index in [4.69, 9.17) is 34.8 Å². The molecule has 0 aliphatic carbocycles. The highest BCUT2D eigenvalue weighted by Gasteiger charge is 2.21. The maximum Gasteiger partial charge on any atom is 0.263 e. The summed E-state index contributed by atoms with van der Waals surface area (Å²) < 4.78 is 1.50. The van der Waals surface area contributed by atoms with Gasteiger partial charge in [0.2, 0.25) is 5.91 Å². The number of thioether (sulfide) groups is 1. The number of thiophene rings is 1. The Morgan fingerprint density at radius 1 is 1.39 bits per heavy atom. The van der Waals surface area contributed by atoms with Crippen molar-refractivity contribution in [2.24, 2.45) is 0 Å². The van der Waals surface area contributed by atoms with Crippen LogP contribution in [0.25, 0.3) is 10.2 Å². The number of halogens is 3. The van der Waals surface area contributed by atoms with Crippen LogP contribution in [0.4, 0.5) is 5.69 Å². The number of allylic oxidation sites excluding steroid dienone is 1. The van der Waals surface area contributed by atoms with Crippen molar-refractivity contribution >= 4 is 79.7 Å². The van der Waals surface area contributed by atoms with E-state index in [1.807, 2.05) is 5.38 Å². The lowest BCUT2D eigenvalue weighted by molar-refractivity contribution is -0.115. The molecule has 0 radical (unpaired) electrons. The predicted molar refractivity (Wildman–Crippen MR) is 119 cm³/mol. The van der Waals surface area contributed by atoms with Gasteiger partial charge in [-0.3, -0.25) is 14.2 Å². The van der Waals surface area contributed by atoms with Crippen molar-refractivity contribution in [1.82, 2.24) is 9.55 Å². The fraction of sp³-hybridized carbons (Fsp3) is 0.167. The largest absolute Gasteiger partial charge is 0.323 e. The van der Waals surface area contributed by atoms with E-state index in [2.05, 4.69) is 16.9 Å². The quantitative estimate of drug-likeness (QED) is 0.282. The minimum atomic E-state index is -0.566. The summed E-state index contributed by atoms with van der Waals surface area (Å²) in [6.45, 7) is 5.69. The lowest BCUT2D eigenvalue weighted by Crippen LogP contribution is -2.26. The van der Waals surface area contributed by atoms with Crippen LogP contribution in [0.15, 0.2) is 46.2 Å². The van der Waals surface area contributed by atoms with Crippen molar-refractivity contribution in [2.75, 3.05) is 5.32 Å². The Bertz CT molecular complexity index is 1100. The van der Waals surface area contributed by atoms with E-state index in [1.54, 1.807) is 19.1 Å². The SMILES string of the molecule is C=CCn1c(SC(C)C(=O)Nc2c(Cl)cc(Cl)cc2Cl)nc2sccc2c1=O. The lowest BCUT2D eigenvalue weighted by atomic mass is 10.3. The molecule has 1 aromatic carbocycles. The molecule has 2 heterocycles. The number of rotatable bonds is 6. The van der Waals surface area contributed by atoms with E-state index in [9.17, 15) is 9.59 Å². The number of amides is 1. The molecule has 3 aromatic rings. The molecule has 2 aromatic heterocycles. The molecule has 28 heavy (non-hydrogen) atoms. The molecule has 1 N–H and O–H groups in total. The standard InChI is InChI=1S/C18H14Cl3N3O2S2/c1-3-5-24-17(26)11-4-6-27-16(11)23-18(24)28-9(2)15(25)22-14-12(20)7-10(19)8-13(14)21/h3-4,6-9H,1,5H2,2H3,(H,22,25). The van der Waals surface area contributed by atoms with Crippen molar-refractivity contribution in [2.45, 2.75) is 23.9 Å². The van der Waals surface area contributed by atoms with Gasteiger partial charge >= 0.3 is 0 Å². The van der Waals surface area contributed by atoms with Crippen LogP contribution in [0.5, 0.6) is 0 Å². The predicted octanol–water partition coefficient (Wildman–Crippen LogP) is 5.72. The number of aromatic nitrogens is 2. The maximum atomic E-state index is 12.7. The Hall–Kier alpha value is -1.51. The second-order valence-corrected chi connectivity index (χ2v) is 9.19. The van der Waals surface area contributed by atoms with Gasteiger partial charge in [-0.15, -0.1) is 17.9 Å². The van der Waals surface area contributed by atoms with Crippen molar-refractivity contribution in [1.29, 1.82) is 0 Å². The molecule has 3 rings (SSSR count). The van der Waals surface area contributed by atoms with Gasteiger partial charge in [0.25, 0.3) is 5.56 Å². The lowest BCUT2D eigenvalue weighted by Gasteiger charge is -2.16. The van der Waals surface area contributed by atoms with Crippen molar-refractivity contribution in [3.8, 4) is 0 Å². The molecular weight excluding hydrogens is 461 g/mol. The zero-order valence-corrected chi connectivity index (χ0v) is 18.4. The van der Waals surface area contributed by atoms with E-state index in [-0.39, 0.29) is 27.2 Å². The summed E-state index contributed by atoms with van der Waals surface area (Å²) in [5, 5.41) is 5.80. The van der Waals surface area contributed by atoms with Crippen LogP contribution in [-0.4, -0.2) is 20.7 Å². The molecule has 0 fully saturated rings. The highest BCUT2D eigenvalue weighted by Crippen LogP contribution is 2.34. The third-order valence-electron chi connectivity index (χ3n) is 3.77. The minimum absolute atomic E-state index is 0.162. The van der Waals surface area contributed by atoms with Crippen molar-refractivity contribution < 1.29 is 4.79 Å². The average molecular weight is 475 g/mol. The molecule has 10 heteroatoms. The molecule has 0 saturated heterocycles. The maximum absolute atomic E-state index is 12.7. The van der Waals surface area contributed by atoms with Gasteiger partial charge in [0.05, 0.1) is 26.4 Å². The van der Waals surface area contributed by atoms with Gasteiger partial charge in [-0.05, 0) is 30.5 Å². The summed E-state index contributed by atoms with van der Waals surface area (Å²) in [6.07, 6.45) is 1.61. The zero-order chi connectivity index (χ0) is 20.4. The number of nitrogens with one attached hydrogen (secondary N) is 1. The summed E-state index contributed by atoms with van der Waals surface area (Å²) in [7, 11) is 0. The van der Waals surface area contributed by atoms with E-state index < -0.39 is 5.25 Å². The second kappa shape index (κ2) is 8.88. The first-order valence-corrected chi connectivity index (χ1v) is 10.9. The molecule has 0 aliphatic rings. The number of fused-ring (bicyclic) bond motifs is 1. The van der Waals surface area contributed by atoms with Gasteiger partial charge < -0.3 is 5.32 Å².